The van der Waals surface area contributed by atoms with Crippen LogP contribution in [0, 0.1) is 13.8 Å². The molecule has 4 rings (SSSR count). The van der Waals surface area contributed by atoms with Gasteiger partial charge in [-0.25, -0.2) is 28.8 Å². The first kappa shape index (κ1) is 17.3. The molecule has 0 aliphatic heterocycles. The number of nitrogens with zero attached hydrogens (tertiary/aromatic N) is 9. The Hall–Kier alpha value is -3.14. The Morgan fingerprint density at radius 3 is 2.74 bits per heavy atom. The summed E-state index contributed by atoms with van der Waals surface area (Å²) in [5.74, 6) is 1.18. The van der Waals surface area contributed by atoms with Crippen molar-refractivity contribution in [2.75, 3.05) is 0 Å². The van der Waals surface area contributed by atoms with E-state index in [1.165, 1.54) is 6.33 Å². The van der Waals surface area contributed by atoms with Crippen molar-refractivity contribution in [3.8, 4) is 11.5 Å². The lowest BCUT2D eigenvalue weighted by molar-refractivity contribution is 0.145. The Morgan fingerprint density at radius 2 is 2.00 bits per heavy atom. The maximum atomic E-state index is 10.1. The fourth-order valence-corrected chi connectivity index (χ4v) is 2.96. The van der Waals surface area contributed by atoms with Gasteiger partial charge in [-0.1, -0.05) is 6.92 Å². The molecule has 0 unspecified atom stereocenters. The third-order valence-electron chi connectivity index (χ3n) is 4.30. The minimum atomic E-state index is -0.510. The van der Waals surface area contributed by atoms with E-state index in [0.717, 1.165) is 17.0 Å². The quantitative estimate of drug-likeness (QED) is 0.541. The van der Waals surface area contributed by atoms with Crippen LogP contribution >= 0.6 is 0 Å². The van der Waals surface area contributed by atoms with Crippen LogP contribution in [0.1, 0.15) is 30.6 Å². The number of fused-ring (bicyclic) bond motifs is 1. The van der Waals surface area contributed by atoms with E-state index in [1.54, 1.807) is 20.2 Å². The molecular formula is C17H21N9O. The highest BCUT2D eigenvalue weighted by Crippen LogP contribution is 2.20. The van der Waals surface area contributed by atoms with Crippen LogP contribution in [0.3, 0.4) is 0 Å². The SMILES string of the molecule is CC[C@H](O)Cn1nc(Cn2cncn2)nc1-c1cc2nc(C)cc(C)n2n1. The molecular weight excluding hydrogens is 346 g/mol. The van der Waals surface area contributed by atoms with Crippen molar-refractivity contribution in [1.82, 2.24) is 44.1 Å². The van der Waals surface area contributed by atoms with E-state index in [0.29, 0.717) is 36.9 Å². The fraction of sp³-hybridized carbons (Fsp3) is 0.412. The number of aryl methyl sites for hydroxylation is 2. The van der Waals surface area contributed by atoms with Crippen LogP contribution in [0.2, 0.25) is 0 Å². The lowest BCUT2D eigenvalue weighted by Gasteiger charge is -2.08. The molecule has 4 aromatic rings. The van der Waals surface area contributed by atoms with Crippen molar-refractivity contribution in [2.45, 2.75) is 46.4 Å². The molecule has 1 N–H and O–H groups in total. The Balaban J connectivity index is 1.77. The predicted octanol–water partition coefficient (Wildman–Crippen LogP) is 1.02. The van der Waals surface area contributed by atoms with Gasteiger partial charge in [-0.3, -0.25) is 0 Å². The molecule has 0 saturated heterocycles. The number of aliphatic hydroxyl groups excluding tert-OH is 1. The van der Waals surface area contributed by atoms with Crippen LogP contribution in [0.25, 0.3) is 17.2 Å². The van der Waals surface area contributed by atoms with E-state index in [4.69, 9.17) is 0 Å². The van der Waals surface area contributed by atoms with Crippen LogP contribution in [0.5, 0.6) is 0 Å². The van der Waals surface area contributed by atoms with Crippen LogP contribution in [-0.2, 0) is 13.1 Å². The second-order valence-corrected chi connectivity index (χ2v) is 6.53. The monoisotopic (exact) mass is 367 g/mol. The van der Waals surface area contributed by atoms with Gasteiger partial charge in [0.15, 0.2) is 17.3 Å². The minimum absolute atomic E-state index is 0.343. The average molecular weight is 367 g/mol. The van der Waals surface area contributed by atoms with Gasteiger partial charge >= 0.3 is 0 Å². The van der Waals surface area contributed by atoms with E-state index in [1.807, 2.05) is 32.9 Å². The molecule has 0 aliphatic rings. The first-order chi connectivity index (χ1) is 13.0. The van der Waals surface area contributed by atoms with Crippen molar-refractivity contribution in [3.63, 3.8) is 0 Å². The highest BCUT2D eigenvalue weighted by Gasteiger charge is 2.18. The second kappa shape index (κ2) is 6.88. The van der Waals surface area contributed by atoms with Crippen molar-refractivity contribution in [3.05, 3.63) is 42.0 Å². The summed E-state index contributed by atoms with van der Waals surface area (Å²) in [7, 11) is 0. The standard InChI is InChI=1S/C17H21N9O/c1-4-13(27)7-25-17(21-15(23-25)8-24-10-18-9-19-24)14-6-16-20-11(2)5-12(3)26(16)22-14/h5-6,9-10,13,27H,4,7-8H2,1-3H3/t13-/m0/s1. The Kier molecular flexibility index (Phi) is 4.40. The molecule has 0 bridgehead atoms. The summed E-state index contributed by atoms with van der Waals surface area (Å²) in [6.45, 7) is 6.61. The fourth-order valence-electron chi connectivity index (χ4n) is 2.96. The first-order valence-corrected chi connectivity index (χ1v) is 8.82. The summed E-state index contributed by atoms with van der Waals surface area (Å²) in [4.78, 5) is 13.1. The largest absolute Gasteiger partial charge is 0.391 e. The zero-order chi connectivity index (χ0) is 19.0. The van der Waals surface area contributed by atoms with Gasteiger partial charge in [0.25, 0.3) is 0 Å². The van der Waals surface area contributed by atoms with Gasteiger partial charge in [0.2, 0.25) is 0 Å². The number of aliphatic hydroxyl groups is 1. The smallest absolute Gasteiger partial charge is 0.179 e. The average Bonchev–Trinajstić information content (AvgIpc) is 3.35. The van der Waals surface area contributed by atoms with Crippen LogP contribution in [-0.4, -0.2) is 55.3 Å². The molecule has 4 heterocycles. The molecule has 0 spiro atoms. The molecule has 27 heavy (non-hydrogen) atoms. The number of rotatable bonds is 6. The topological polar surface area (TPSA) is 112 Å². The van der Waals surface area contributed by atoms with E-state index in [-0.39, 0.29) is 0 Å². The van der Waals surface area contributed by atoms with Gasteiger partial charge in [-0.05, 0) is 26.3 Å². The van der Waals surface area contributed by atoms with E-state index >= 15 is 0 Å². The van der Waals surface area contributed by atoms with Crippen molar-refractivity contribution in [2.24, 2.45) is 0 Å². The summed E-state index contributed by atoms with van der Waals surface area (Å²) in [6.07, 6.45) is 3.20. The maximum Gasteiger partial charge on any atom is 0.179 e. The van der Waals surface area contributed by atoms with E-state index < -0.39 is 6.10 Å². The van der Waals surface area contributed by atoms with Gasteiger partial charge in [0.05, 0.1) is 12.6 Å². The Morgan fingerprint density at radius 1 is 1.15 bits per heavy atom. The minimum Gasteiger partial charge on any atom is -0.391 e. The second-order valence-electron chi connectivity index (χ2n) is 6.53. The van der Waals surface area contributed by atoms with Gasteiger partial charge in [0.1, 0.15) is 24.9 Å². The van der Waals surface area contributed by atoms with E-state index in [9.17, 15) is 5.11 Å². The third-order valence-corrected chi connectivity index (χ3v) is 4.30. The van der Waals surface area contributed by atoms with Crippen molar-refractivity contribution >= 4 is 5.65 Å². The number of aromatic nitrogens is 9. The summed E-state index contributed by atoms with van der Waals surface area (Å²) in [5.41, 5.74) is 3.34. The van der Waals surface area contributed by atoms with Gasteiger partial charge in [0, 0.05) is 17.5 Å². The molecule has 4 aromatic heterocycles. The van der Waals surface area contributed by atoms with Crippen molar-refractivity contribution < 1.29 is 5.11 Å². The Bertz CT molecular complexity index is 1060. The molecule has 0 fully saturated rings. The molecule has 0 amide bonds. The lowest BCUT2D eigenvalue weighted by atomic mass is 10.3. The lowest BCUT2D eigenvalue weighted by Crippen LogP contribution is -2.17. The first-order valence-electron chi connectivity index (χ1n) is 8.82. The molecule has 0 aliphatic carbocycles. The number of hydrogen-bond acceptors (Lipinski definition) is 7. The van der Waals surface area contributed by atoms with E-state index in [2.05, 4.69) is 30.2 Å². The van der Waals surface area contributed by atoms with Crippen LogP contribution in [0.15, 0.2) is 24.8 Å². The predicted molar refractivity (Wildman–Crippen MR) is 96.9 cm³/mol. The molecule has 10 heteroatoms. The van der Waals surface area contributed by atoms with Gasteiger partial charge in [-0.2, -0.15) is 15.3 Å². The van der Waals surface area contributed by atoms with Crippen LogP contribution < -0.4 is 0 Å². The highest BCUT2D eigenvalue weighted by molar-refractivity contribution is 5.58. The molecule has 0 radical (unpaired) electrons. The van der Waals surface area contributed by atoms with Crippen LogP contribution in [0.4, 0.5) is 0 Å². The van der Waals surface area contributed by atoms with Gasteiger partial charge in [-0.15, -0.1) is 0 Å². The normalized spacial score (nSPS) is 12.7. The van der Waals surface area contributed by atoms with Crippen molar-refractivity contribution in [1.29, 1.82) is 0 Å². The zero-order valence-corrected chi connectivity index (χ0v) is 15.5. The summed E-state index contributed by atoms with van der Waals surface area (Å²) < 4.78 is 5.14. The maximum absolute atomic E-state index is 10.1. The third kappa shape index (κ3) is 3.43. The summed E-state index contributed by atoms with van der Waals surface area (Å²) >= 11 is 0. The summed E-state index contributed by atoms with van der Waals surface area (Å²) in [6, 6.07) is 3.86. The molecule has 0 saturated carbocycles. The number of hydrogen-bond donors (Lipinski definition) is 1. The molecule has 10 nitrogen and oxygen atoms in total. The van der Waals surface area contributed by atoms with Gasteiger partial charge < -0.3 is 5.11 Å². The zero-order valence-electron chi connectivity index (χ0n) is 15.5. The molecule has 1 atom stereocenters. The molecule has 140 valence electrons. The highest BCUT2D eigenvalue weighted by atomic mass is 16.3. The Labute approximate surface area is 155 Å². The molecule has 0 aromatic carbocycles. The summed E-state index contributed by atoms with van der Waals surface area (Å²) in [5, 5.41) is 23.4.